The minimum atomic E-state index is -0.275. The smallest absolute Gasteiger partial charge is 0.261 e. The number of rotatable bonds is 4. The maximum Gasteiger partial charge on any atom is 0.261 e. The molecule has 184 valence electrons. The molecule has 0 atom stereocenters. The van der Waals surface area contributed by atoms with E-state index in [1.165, 1.54) is 12.5 Å². The number of piperidine rings is 1. The van der Waals surface area contributed by atoms with Gasteiger partial charge in [-0.25, -0.2) is 9.67 Å². The van der Waals surface area contributed by atoms with E-state index in [9.17, 15) is 14.4 Å². The number of carbonyl (C=O) groups excluding carboxylic acids is 2. The highest BCUT2D eigenvalue weighted by Gasteiger charge is 2.29. The Morgan fingerprint density at radius 2 is 1.68 bits per heavy atom. The third-order valence-electron chi connectivity index (χ3n) is 6.93. The molecular weight excluding hydrogens is 468 g/mol. The summed E-state index contributed by atoms with van der Waals surface area (Å²) in [5.74, 6) is -0.332. The van der Waals surface area contributed by atoms with Crippen LogP contribution in [0.1, 0.15) is 23.2 Å². The summed E-state index contributed by atoms with van der Waals surface area (Å²) in [4.78, 5) is 47.2. The predicted octanol–water partition coefficient (Wildman–Crippen LogP) is 3.75. The van der Waals surface area contributed by atoms with Crippen LogP contribution in [0.15, 0.2) is 84.0 Å². The van der Waals surface area contributed by atoms with Crippen molar-refractivity contribution in [3.8, 4) is 5.69 Å². The van der Waals surface area contributed by atoms with E-state index >= 15 is 0 Å². The zero-order valence-electron chi connectivity index (χ0n) is 19.9. The van der Waals surface area contributed by atoms with Gasteiger partial charge in [0.1, 0.15) is 5.39 Å². The third kappa shape index (κ3) is 4.14. The van der Waals surface area contributed by atoms with E-state index < -0.39 is 0 Å². The number of aromatic amines is 1. The number of carbonyl (C=O) groups is 2. The normalized spacial score (nSPS) is 14.2. The Labute approximate surface area is 211 Å². The second kappa shape index (κ2) is 9.34. The highest BCUT2D eigenvalue weighted by molar-refractivity contribution is 6.07. The minimum absolute atomic E-state index is 0.00551. The molecule has 1 aliphatic rings. The second-order valence-electron chi connectivity index (χ2n) is 9.12. The fourth-order valence-corrected chi connectivity index (χ4v) is 4.96. The van der Waals surface area contributed by atoms with Crippen LogP contribution in [0.2, 0.25) is 0 Å². The molecule has 5 aromatic rings. The number of H-pyrrole nitrogens is 1. The van der Waals surface area contributed by atoms with E-state index in [2.05, 4.69) is 20.4 Å². The zero-order chi connectivity index (χ0) is 25.4. The van der Waals surface area contributed by atoms with Crippen molar-refractivity contribution >= 4 is 39.3 Å². The first-order chi connectivity index (χ1) is 18.1. The Morgan fingerprint density at radius 1 is 0.919 bits per heavy atom. The summed E-state index contributed by atoms with van der Waals surface area (Å²) in [6.07, 6.45) is 3.94. The number of hydrogen-bond acceptors (Lipinski definition) is 5. The number of likely N-dealkylation sites (tertiary alicyclic amines) is 1. The number of aromatic nitrogens is 4. The van der Waals surface area contributed by atoms with Gasteiger partial charge < -0.3 is 15.2 Å². The van der Waals surface area contributed by atoms with Crippen LogP contribution in [-0.4, -0.2) is 49.6 Å². The van der Waals surface area contributed by atoms with Gasteiger partial charge in [0.2, 0.25) is 5.91 Å². The fourth-order valence-electron chi connectivity index (χ4n) is 4.96. The fraction of sp³-hybridized carbons (Fsp3) is 0.179. The van der Waals surface area contributed by atoms with Crippen LogP contribution < -0.4 is 10.9 Å². The first-order valence-electron chi connectivity index (χ1n) is 12.2. The van der Waals surface area contributed by atoms with Crippen molar-refractivity contribution in [1.29, 1.82) is 0 Å². The molecule has 2 N–H and O–H groups in total. The van der Waals surface area contributed by atoms with Crippen molar-refractivity contribution in [3.05, 3.63) is 95.2 Å². The molecule has 0 spiro atoms. The average Bonchev–Trinajstić information content (AvgIpc) is 3.38. The first-order valence-corrected chi connectivity index (χ1v) is 12.2. The van der Waals surface area contributed by atoms with Gasteiger partial charge in [-0.3, -0.25) is 14.4 Å². The number of nitrogens with one attached hydrogen (secondary N) is 2. The number of fused-ring (bicyclic) bond motifs is 2. The standard InChI is InChI=1S/C28H24N6O3/c35-26(32-23-10-3-4-11-24(23)34-25-22(16-31-34)27(36)30-17-29-25)19-12-14-33(15-13-19)28(37)21-9-5-7-18-6-1-2-8-20(18)21/h1-11,16-17,19H,12-15H2,(H,32,35)(H,29,30,36). The molecule has 6 rings (SSSR count). The van der Waals surface area contributed by atoms with Gasteiger partial charge in [-0.15, -0.1) is 0 Å². The van der Waals surface area contributed by atoms with Crippen LogP contribution >= 0.6 is 0 Å². The molecule has 2 amide bonds. The van der Waals surface area contributed by atoms with Gasteiger partial charge in [0.15, 0.2) is 5.65 Å². The Bertz CT molecular complexity index is 1690. The van der Waals surface area contributed by atoms with Crippen molar-refractivity contribution in [3.63, 3.8) is 0 Å². The predicted molar refractivity (Wildman–Crippen MR) is 141 cm³/mol. The van der Waals surface area contributed by atoms with E-state index in [0.29, 0.717) is 53.9 Å². The quantitative estimate of drug-likeness (QED) is 0.397. The molecular formula is C28H24N6O3. The Morgan fingerprint density at radius 3 is 2.54 bits per heavy atom. The minimum Gasteiger partial charge on any atom is -0.339 e. The lowest BCUT2D eigenvalue weighted by Crippen LogP contribution is -2.41. The van der Waals surface area contributed by atoms with Crippen molar-refractivity contribution < 1.29 is 9.59 Å². The summed E-state index contributed by atoms with van der Waals surface area (Å²) in [7, 11) is 0. The van der Waals surface area contributed by atoms with Crippen LogP contribution in [0.3, 0.4) is 0 Å². The van der Waals surface area contributed by atoms with Crippen LogP contribution in [-0.2, 0) is 4.79 Å². The summed E-state index contributed by atoms with van der Waals surface area (Å²) in [5.41, 5.74) is 2.02. The van der Waals surface area contributed by atoms with E-state index in [1.807, 2.05) is 65.6 Å². The lowest BCUT2D eigenvalue weighted by molar-refractivity contribution is -0.121. The average molecular weight is 493 g/mol. The molecule has 2 aromatic heterocycles. The molecule has 1 fully saturated rings. The molecule has 1 aliphatic heterocycles. The molecule has 1 saturated heterocycles. The van der Waals surface area contributed by atoms with Crippen LogP contribution in [0, 0.1) is 5.92 Å². The van der Waals surface area contributed by atoms with E-state index in [4.69, 9.17) is 0 Å². The monoisotopic (exact) mass is 492 g/mol. The highest BCUT2D eigenvalue weighted by Crippen LogP contribution is 2.27. The van der Waals surface area contributed by atoms with Crippen molar-refractivity contribution in [2.75, 3.05) is 18.4 Å². The molecule has 3 aromatic carbocycles. The molecule has 0 unspecified atom stereocenters. The molecule has 9 heteroatoms. The van der Waals surface area contributed by atoms with Crippen LogP contribution in [0.4, 0.5) is 5.69 Å². The van der Waals surface area contributed by atoms with Crippen molar-refractivity contribution in [1.82, 2.24) is 24.6 Å². The number of para-hydroxylation sites is 2. The van der Waals surface area contributed by atoms with Crippen molar-refractivity contribution in [2.24, 2.45) is 5.92 Å². The summed E-state index contributed by atoms with van der Waals surface area (Å²) in [6, 6.07) is 20.9. The van der Waals surface area contributed by atoms with Gasteiger partial charge in [0.25, 0.3) is 11.5 Å². The topological polar surface area (TPSA) is 113 Å². The Kier molecular flexibility index (Phi) is 5.72. The van der Waals surface area contributed by atoms with Crippen LogP contribution in [0.25, 0.3) is 27.5 Å². The Hall–Kier alpha value is -4.79. The molecule has 0 radical (unpaired) electrons. The number of anilines is 1. The lowest BCUT2D eigenvalue weighted by Gasteiger charge is -2.31. The van der Waals surface area contributed by atoms with Gasteiger partial charge in [-0.2, -0.15) is 5.10 Å². The maximum absolute atomic E-state index is 13.3. The van der Waals surface area contributed by atoms with E-state index in [-0.39, 0.29) is 23.3 Å². The molecule has 37 heavy (non-hydrogen) atoms. The van der Waals surface area contributed by atoms with Gasteiger partial charge >= 0.3 is 0 Å². The molecule has 0 saturated carbocycles. The largest absolute Gasteiger partial charge is 0.339 e. The number of hydrogen-bond donors (Lipinski definition) is 2. The summed E-state index contributed by atoms with van der Waals surface area (Å²) in [5, 5.41) is 9.70. The van der Waals surface area contributed by atoms with Crippen molar-refractivity contribution in [2.45, 2.75) is 12.8 Å². The number of benzene rings is 3. The summed E-state index contributed by atoms with van der Waals surface area (Å²) in [6.45, 7) is 1.02. The van der Waals surface area contributed by atoms with Gasteiger partial charge in [0.05, 0.1) is 23.9 Å². The number of amides is 2. The molecule has 0 aliphatic carbocycles. The molecule has 3 heterocycles. The summed E-state index contributed by atoms with van der Waals surface area (Å²) < 4.78 is 1.55. The maximum atomic E-state index is 13.3. The second-order valence-corrected chi connectivity index (χ2v) is 9.12. The summed E-state index contributed by atoms with van der Waals surface area (Å²) >= 11 is 0. The molecule has 9 nitrogen and oxygen atoms in total. The van der Waals surface area contributed by atoms with E-state index in [0.717, 1.165) is 10.8 Å². The van der Waals surface area contributed by atoms with Gasteiger partial charge in [-0.05, 0) is 41.8 Å². The first kappa shape index (κ1) is 22.7. The lowest BCUT2D eigenvalue weighted by atomic mass is 9.94. The number of nitrogens with zero attached hydrogens (tertiary/aromatic N) is 4. The van der Waals surface area contributed by atoms with Crippen LogP contribution in [0.5, 0.6) is 0 Å². The SMILES string of the molecule is O=C(Nc1ccccc1-n1ncc2c(=O)[nH]cnc21)C1CCN(C(=O)c2cccc3ccccc23)CC1. The highest BCUT2D eigenvalue weighted by atomic mass is 16.2. The van der Waals surface area contributed by atoms with Gasteiger partial charge in [-0.1, -0.05) is 48.5 Å². The molecule has 0 bridgehead atoms. The Balaban J connectivity index is 1.17. The van der Waals surface area contributed by atoms with E-state index in [1.54, 1.807) is 10.7 Å². The third-order valence-corrected chi connectivity index (χ3v) is 6.93. The zero-order valence-corrected chi connectivity index (χ0v) is 19.9. The van der Waals surface area contributed by atoms with Gasteiger partial charge in [0, 0.05) is 24.6 Å².